The Bertz CT molecular complexity index is 519. The smallest absolute Gasteiger partial charge is 0.245 e. The summed E-state index contributed by atoms with van der Waals surface area (Å²) in [6.07, 6.45) is 3.15. The topological polar surface area (TPSA) is 49.4 Å². The minimum absolute atomic E-state index is 0.0633. The highest BCUT2D eigenvalue weighted by Crippen LogP contribution is 2.22. The predicted octanol–water partition coefficient (Wildman–Crippen LogP) is 2.63. The normalized spacial score (nSPS) is 17.1. The summed E-state index contributed by atoms with van der Waals surface area (Å²) in [4.78, 5) is 25.9. The van der Waals surface area contributed by atoms with Gasteiger partial charge < -0.3 is 10.2 Å². The molecule has 0 spiro atoms. The van der Waals surface area contributed by atoms with Crippen LogP contribution in [-0.4, -0.2) is 35.8 Å². The molecule has 1 aromatic rings. The maximum Gasteiger partial charge on any atom is 0.245 e. The molecule has 2 rings (SSSR count). The van der Waals surface area contributed by atoms with E-state index in [1.807, 2.05) is 24.8 Å². The Labute approximate surface area is 139 Å². The van der Waals surface area contributed by atoms with Crippen molar-refractivity contribution in [2.75, 3.05) is 13.1 Å². The summed E-state index contributed by atoms with van der Waals surface area (Å²) in [6, 6.07) is 10.1. The monoisotopic (exact) mass is 316 g/mol. The lowest BCUT2D eigenvalue weighted by Gasteiger charge is -2.35. The standard InChI is InChI=1S/C19H28N2O2/c1-14(2)18(20-15(3)22)19(23)21-11-9-17(10-12-21)13-16-7-5-4-6-8-16/h4-8,14,17-18H,9-13H2,1-3H3,(H,20,22). The van der Waals surface area contributed by atoms with Gasteiger partial charge in [0, 0.05) is 20.0 Å². The fourth-order valence-corrected chi connectivity index (χ4v) is 3.23. The van der Waals surface area contributed by atoms with Gasteiger partial charge in [-0.05, 0) is 36.7 Å². The van der Waals surface area contributed by atoms with Crippen LogP contribution in [0.25, 0.3) is 0 Å². The average Bonchev–Trinajstić information content (AvgIpc) is 2.53. The molecule has 1 fully saturated rings. The summed E-state index contributed by atoms with van der Waals surface area (Å²) in [7, 11) is 0. The van der Waals surface area contributed by atoms with Crippen molar-refractivity contribution in [2.45, 2.75) is 46.1 Å². The number of nitrogens with one attached hydrogen (secondary N) is 1. The highest BCUT2D eigenvalue weighted by atomic mass is 16.2. The summed E-state index contributed by atoms with van der Waals surface area (Å²) >= 11 is 0. The van der Waals surface area contributed by atoms with Crippen LogP contribution in [0, 0.1) is 11.8 Å². The molecule has 0 radical (unpaired) electrons. The van der Waals surface area contributed by atoms with Gasteiger partial charge in [-0.3, -0.25) is 9.59 Å². The first kappa shape index (κ1) is 17.5. The van der Waals surface area contributed by atoms with E-state index in [9.17, 15) is 9.59 Å². The number of piperidine rings is 1. The quantitative estimate of drug-likeness (QED) is 0.908. The van der Waals surface area contributed by atoms with Crippen molar-refractivity contribution in [1.82, 2.24) is 10.2 Å². The third-order valence-electron chi connectivity index (χ3n) is 4.58. The second kappa shape index (κ2) is 8.14. The van der Waals surface area contributed by atoms with Gasteiger partial charge in [0.1, 0.15) is 6.04 Å². The van der Waals surface area contributed by atoms with Gasteiger partial charge in [-0.15, -0.1) is 0 Å². The van der Waals surface area contributed by atoms with Gasteiger partial charge in [-0.1, -0.05) is 44.2 Å². The Morgan fingerprint density at radius 3 is 2.30 bits per heavy atom. The molecule has 1 aliphatic rings. The van der Waals surface area contributed by atoms with E-state index in [0.29, 0.717) is 5.92 Å². The molecule has 2 amide bonds. The zero-order valence-electron chi connectivity index (χ0n) is 14.4. The summed E-state index contributed by atoms with van der Waals surface area (Å²) in [5.41, 5.74) is 1.37. The van der Waals surface area contributed by atoms with Crippen LogP contribution in [0.4, 0.5) is 0 Å². The van der Waals surface area contributed by atoms with Crippen LogP contribution in [0.5, 0.6) is 0 Å². The SMILES string of the molecule is CC(=O)NC(C(=O)N1CCC(Cc2ccccc2)CC1)C(C)C. The highest BCUT2D eigenvalue weighted by Gasteiger charge is 2.30. The molecule has 0 bridgehead atoms. The molecule has 4 heteroatoms. The predicted molar refractivity (Wildman–Crippen MR) is 91.9 cm³/mol. The van der Waals surface area contributed by atoms with Gasteiger partial charge in [0.15, 0.2) is 0 Å². The number of hydrogen-bond acceptors (Lipinski definition) is 2. The third kappa shape index (κ3) is 5.08. The molecule has 0 aliphatic carbocycles. The van der Waals surface area contributed by atoms with E-state index in [4.69, 9.17) is 0 Å². The first-order valence-corrected chi connectivity index (χ1v) is 8.57. The van der Waals surface area contributed by atoms with Crippen molar-refractivity contribution in [3.05, 3.63) is 35.9 Å². The summed E-state index contributed by atoms with van der Waals surface area (Å²) in [6.45, 7) is 6.99. The molecule has 0 saturated carbocycles. The van der Waals surface area contributed by atoms with Crippen LogP contribution >= 0.6 is 0 Å². The lowest BCUT2D eigenvalue weighted by atomic mass is 9.89. The van der Waals surface area contributed by atoms with Gasteiger partial charge >= 0.3 is 0 Å². The lowest BCUT2D eigenvalue weighted by molar-refractivity contribution is -0.138. The van der Waals surface area contributed by atoms with Crippen LogP contribution < -0.4 is 5.32 Å². The summed E-state index contributed by atoms with van der Waals surface area (Å²) in [5, 5.41) is 2.80. The fraction of sp³-hybridized carbons (Fsp3) is 0.579. The van der Waals surface area contributed by atoms with Crippen molar-refractivity contribution in [1.29, 1.82) is 0 Å². The van der Waals surface area contributed by atoms with E-state index in [0.717, 1.165) is 32.4 Å². The Morgan fingerprint density at radius 2 is 1.78 bits per heavy atom. The zero-order valence-corrected chi connectivity index (χ0v) is 14.4. The van der Waals surface area contributed by atoms with Crippen molar-refractivity contribution >= 4 is 11.8 Å². The first-order valence-electron chi connectivity index (χ1n) is 8.57. The molecule has 1 aromatic carbocycles. The molecular weight excluding hydrogens is 288 g/mol. The lowest BCUT2D eigenvalue weighted by Crippen LogP contribution is -2.52. The van der Waals surface area contributed by atoms with Crippen LogP contribution in [-0.2, 0) is 16.0 Å². The Balaban J connectivity index is 1.87. The molecule has 1 aliphatic heterocycles. The number of hydrogen-bond donors (Lipinski definition) is 1. The number of carbonyl (C=O) groups is 2. The number of carbonyl (C=O) groups excluding carboxylic acids is 2. The van der Waals surface area contributed by atoms with Gasteiger partial charge in [-0.25, -0.2) is 0 Å². The van der Waals surface area contributed by atoms with Crippen molar-refractivity contribution in [3.63, 3.8) is 0 Å². The number of likely N-dealkylation sites (tertiary alicyclic amines) is 1. The molecular formula is C19H28N2O2. The highest BCUT2D eigenvalue weighted by molar-refractivity contribution is 5.87. The van der Waals surface area contributed by atoms with E-state index in [2.05, 4.69) is 29.6 Å². The summed E-state index contributed by atoms with van der Waals surface area (Å²) < 4.78 is 0. The molecule has 1 N–H and O–H groups in total. The van der Waals surface area contributed by atoms with Crippen LogP contribution in [0.3, 0.4) is 0 Å². The van der Waals surface area contributed by atoms with E-state index in [1.54, 1.807) is 0 Å². The van der Waals surface area contributed by atoms with Crippen molar-refractivity contribution < 1.29 is 9.59 Å². The van der Waals surface area contributed by atoms with E-state index < -0.39 is 6.04 Å². The first-order chi connectivity index (χ1) is 11.0. The minimum Gasteiger partial charge on any atom is -0.344 e. The van der Waals surface area contributed by atoms with Gasteiger partial charge in [0.05, 0.1) is 0 Å². The molecule has 126 valence electrons. The zero-order chi connectivity index (χ0) is 16.8. The number of benzene rings is 1. The Morgan fingerprint density at radius 1 is 1.17 bits per heavy atom. The molecule has 1 saturated heterocycles. The van der Waals surface area contributed by atoms with Gasteiger partial charge in [0.25, 0.3) is 0 Å². The number of amides is 2. The second-order valence-corrected chi connectivity index (χ2v) is 6.88. The largest absolute Gasteiger partial charge is 0.344 e. The molecule has 0 aromatic heterocycles. The van der Waals surface area contributed by atoms with E-state index >= 15 is 0 Å². The second-order valence-electron chi connectivity index (χ2n) is 6.88. The molecule has 23 heavy (non-hydrogen) atoms. The van der Waals surface area contributed by atoms with E-state index in [-0.39, 0.29) is 17.7 Å². The van der Waals surface area contributed by atoms with Crippen LogP contribution in [0.2, 0.25) is 0 Å². The van der Waals surface area contributed by atoms with Crippen molar-refractivity contribution in [2.24, 2.45) is 11.8 Å². The average molecular weight is 316 g/mol. The van der Waals surface area contributed by atoms with Gasteiger partial charge in [-0.2, -0.15) is 0 Å². The number of rotatable bonds is 5. The van der Waals surface area contributed by atoms with Crippen LogP contribution in [0.15, 0.2) is 30.3 Å². The minimum atomic E-state index is -0.404. The van der Waals surface area contributed by atoms with E-state index in [1.165, 1.54) is 12.5 Å². The molecule has 1 unspecified atom stereocenters. The van der Waals surface area contributed by atoms with Crippen LogP contribution in [0.1, 0.15) is 39.2 Å². The molecule has 4 nitrogen and oxygen atoms in total. The Kier molecular flexibility index (Phi) is 6.20. The van der Waals surface area contributed by atoms with Gasteiger partial charge in [0.2, 0.25) is 11.8 Å². The maximum absolute atomic E-state index is 12.7. The fourth-order valence-electron chi connectivity index (χ4n) is 3.23. The maximum atomic E-state index is 12.7. The summed E-state index contributed by atoms with van der Waals surface area (Å²) in [5.74, 6) is 0.664. The number of nitrogens with zero attached hydrogens (tertiary/aromatic N) is 1. The Hall–Kier alpha value is -1.84. The molecule has 1 heterocycles. The van der Waals surface area contributed by atoms with Crippen molar-refractivity contribution in [3.8, 4) is 0 Å². The third-order valence-corrected chi connectivity index (χ3v) is 4.58. The molecule has 1 atom stereocenters.